The summed E-state index contributed by atoms with van der Waals surface area (Å²) in [5.74, 6) is -4.42. The third-order valence-electron chi connectivity index (χ3n) is 9.77. The minimum absolute atomic E-state index is 0.00125. The average molecular weight is 1010 g/mol. The summed E-state index contributed by atoms with van der Waals surface area (Å²) in [6, 6.07) is -0.862. The smallest absolute Gasteiger partial charge is 0.305 e. The standard InChI is InChI=1S/C45H71N7O19/c53-36(8-17-51-40(57)4-5-41(51)58)47-14-22-67-28-25-64-19-10-38(55)46-13-2-1-3-35(45(63)49-16-24-69-30-32-71-34-33-70-31-27-66-21-12-44(61)62)50-39(56)11-20-65-26-29-68-23-15-48-37(54)9-18-52-42(59)6-7-43(52)60/h4-7,35H,1-3,8-34H2,(H,46,55)(H,47,53)(H,48,54)(H,49,63)(H,50,56)(H,61,62)/t35-/m0/s1. The number of carboxylic acid groups (broad SMARTS) is 1. The molecule has 0 fully saturated rings. The maximum Gasteiger partial charge on any atom is 0.305 e. The highest BCUT2D eigenvalue weighted by atomic mass is 16.6. The van der Waals surface area contributed by atoms with Crippen LogP contribution in [0, 0.1) is 0 Å². The van der Waals surface area contributed by atoms with Gasteiger partial charge in [-0.25, -0.2) is 0 Å². The lowest BCUT2D eigenvalue weighted by atomic mass is 10.1. The zero-order valence-electron chi connectivity index (χ0n) is 40.3. The first-order valence-corrected chi connectivity index (χ1v) is 23.6. The van der Waals surface area contributed by atoms with Gasteiger partial charge in [0.15, 0.2) is 0 Å². The molecular formula is C45H71N7O19. The highest BCUT2D eigenvalue weighted by molar-refractivity contribution is 6.13. The van der Waals surface area contributed by atoms with Crippen molar-refractivity contribution in [3.05, 3.63) is 24.3 Å². The summed E-state index contributed by atoms with van der Waals surface area (Å²) in [6.45, 7) is 4.57. The molecule has 71 heavy (non-hydrogen) atoms. The average Bonchev–Trinajstić information content (AvgIpc) is 3.85. The molecule has 9 amide bonds. The Bertz CT molecular complexity index is 1700. The number of hydrogen-bond acceptors (Lipinski definition) is 18. The van der Waals surface area contributed by atoms with Crippen LogP contribution in [-0.2, 0) is 85.8 Å². The van der Waals surface area contributed by atoms with E-state index in [9.17, 15) is 47.9 Å². The second-order valence-corrected chi connectivity index (χ2v) is 15.3. The molecule has 1 atom stereocenters. The fourth-order valence-electron chi connectivity index (χ4n) is 6.02. The lowest BCUT2D eigenvalue weighted by molar-refractivity contribution is -0.139. The lowest BCUT2D eigenvalue weighted by Gasteiger charge is -2.19. The molecule has 2 rings (SSSR count). The number of ether oxygens (including phenoxy) is 8. The number of carbonyl (C=O) groups excluding carboxylic acids is 9. The van der Waals surface area contributed by atoms with Crippen LogP contribution in [0.1, 0.15) is 51.4 Å². The van der Waals surface area contributed by atoms with Crippen LogP contribution in [0.3, 0.4) is 0 Å². The van der Waals surface area contributed by atoms with E-state index in [2.05, 4.69) is 26.6 Å². The van der Waals surface area contributed by atoms with Gasteiger partial charge >= 0.3 is 5.97 Å². The Morgan fingerprint density at radius 3 is 1.17 bits per heavy atom. The molecule has 0 aromatic carbocycles. The summed E-state index contributed by atoms with van der Waals surface area (Å²) < 4.78 is 43.2. The van der Waals surface area contributed by atoms with E-state index in [0.717, 1.165) is 34.1 Å². The van der Waals surface area contributed by atoms with Crippen LogP contribution < -0.4 is 26.6 Å². The van der Waals surface area contributed by atoms with Crippen molar-refractivity contribution in [2.45, 2.75) is 57.4 Å². The predicted octanol–water partition coefficient (Wildman–Crippen LogP) is -2.88. The monoisotopic (exact) mass is 1010 g/mol. The molecule has 0 aliphatic carbocycles. The summed E-state index contributed by atoms with van der Waals surface area (Å²) in [5.41, 5.74) is 0. The van der Waals surface area contributed by atoms with E-state index in [-0.39, 0.29) is 162 Å². The first kappa shape index (κ1) is 61.4. The van der Waals surface area contributed by atoms with Gasteiger partial charge in [-0.05, 0) is 19.3 Å². The van der Waals surface area contributed by atoms with Gasteiger partial charge in [0, 0.05) is 89.3 Å². The molecule has 400 valence electrons. The van der Waals surface area contributed by atoms with Crippen LogP contribution in [0.5, 0.6) is 0 Å². The van der Waals surface area contributed by atoms with Crippen molar-refractivity contribution in [1.82, 2.24) is 36.4 Å². The van der Waals surface area contributed by atoms with Gasteiger partial charge in [0.25, 0.3) is 23.6 Å². The van der Waals surface area contributed by atoms with Crippen molar-refractivity contribution in [1.29, 1.82) is 0 Å². The maximum absolute atomic E-state index is 13.1. The van der Waals surface area contributed by atoms with Crippen molar-refractivity contribution in [3.8, 4) is 0 Å². The number of carbonyl (C=O) groups is 10. The number of carboxylic acids is 1. The number of amides is 9. The third-order valence-corrected chi connectivity index (χ3v) is 9.77. The minimum Gasteiger partial charge on any atom is -0.481 e. The predicted molar refractivity (Wildman–Crippen MR) is 247 cm³/mol. The molecule has 26 nitrogen and oxygen atoms in total. The molecule has 0 saturated carbocycles. The van der Waals surface area contributed by atoms with Crippen molar-refractivity contribution < 1.29 is 90.9 Å². The van der Waals surface area contributed by atoms with Crippen LogP contribution in [0.2, 0.25) is 0 Å². The van der Waals surface area contributed by atoms with Gasteiger partial charge in [-0.15, -0.1) is 0 Å². The van der Waals surface area contributed by atoms with E-state index < -0.39 is 47.5 Å². The Balaban J connectivity index is 1.57. The molecule has 0 aromatic heterocycles. The van der Waals surface area contributed by atoms with Gasteiger partial charge in [-0.3, -0.25) is 57.7 Å². The van der Waals surface area contributed by atoms with Crippen molar-refractivity contribution >= 4 is 59.1 Å². The topological polar surface area (TPSA) is 331 Å². The van der Waals surface area contributed by atoms with E-state index in [4.69, 9.17) is 43.0 Å². The second-order valence-electron chi connectivity index (χ2n) is 15.3. The van der Waals surface area contributed by atoms with Gasteiger partial charge in [-0.1, -0.05) is 0 Å². The molecule has 2 heterocycles. The zero-order valence-corrected chi connectivity index (χ0v) is 40.3. The van der Waals surface area contributed by atoms with Crippen LogP contribution in [0.15, 0.2) is 24.3 Å². The van der Waals surface area contributed by atoms with Gasteiger partial charge in [0.05, 0.1) is 112 Å². The molecule has 0 aromatic rings. The summed E-state index contributed by atoms with van der Waals surface area (Å²) in [5, 5.41) is 22.2. The largest absolute Gasteiger partial charge is 0.481 e. The Kier molecular flexibility index (Phi) is 34.5. The van der Waals surface area contributed by atoms with Crippen LogP contribution in [0.25, 0.3) is 0 Å². The molecule has 0 bridgehead atoms. The molecule has 0 radical (unpaired) electrons. The number of rotatable bonds is 46. The molecule has 6 N–H and O–H groups in total. The number of unbranched alkanes of at least 4 members (excludes halogenated alkanes) is 1. The second kappa shape index (κ2) is 39.9. The summed E-state index contributed by atoms with van der Waals surface area (Å²) in [6.07, 6.45) is 5.92. The van der Waals surface area contributed by atoms with Crippen LogP contribution in [0.4, 0.5) is 0 Å². The fourth-order valence-corrected chi connectivity index (χ4v) is 6.02. The molecular weight excluding hydrogens is 943 g/mol. The molecule has 0 spiro atoms. The Morgan fingerprint density at radius 2 is 0.746 bits per heavy atom. The number of aliphatic carboxylic acids is 1. The van der Waals surface area contributed by atoms with Crippen molar-refractivity contribution in [2.24, 2.45) is 0 Å². The minimum atomic E-state index is -0.929. The summed E-state index contributed by atoms with van der Waals surface area (Å²) in [4.78, 5) is 121. The van der Waals surface area contributed by atoms with Gasteiger partial charge in [0.2, 0.25) is 29.5 Å². The highest BCUT2D eigenvalue weighted by Crippen LogP contribution is 2.06. The third kappa shape index (κ3) is 32.0. The Hall–Kier alpha value is -5.74. The van der Waals surface area contributed by atoms with E-state index in [0.29, 0.717) is 52.2 Å². The Morgan fingerprint density at radius 1 is 0.408 bits per heavy atom. The van der Waals surface area contributed by atoms with Crippen molar-refractivity contribution in [3.63, 3.8) is 0 Å². The van der Waals surface area contributed by atoms with Crippen molar-refractivity contribution in [2.75, 3.05) is 145 Å². The molecule has 2 aliphatic rings. The first-order chi connectivity index (χ1) is 34.4. The SMILES string of the molecule is O=C(O)CCOCCOCCOCCOCCNC(=O)[C@H](CCCCNC(=O)CCOCCOCCNC(=O)CCN1C(=O)C=CC1=O)NC(=O)CCOCCOCCNC(=O)CCN1C(=O)C=CC1=O. The van der Waals surface area contributed by atoms with Gasteiger partial charge < -0.3 is 69.6 Å². The first-order valence-electron chi connectivity index (χ1n) is 23.6. The van der Waals surface area contributed by atoms with Crippen LogP contribution >= 0.6 is 0 Å². The summed E-state index contributed by atoms with van der Waals surface area (Å²) in [7, 11) is 0. The van der Waals surface area contributed by atoms with E-state index >= 15 is 0 Å². The maximum atomic E-state index is 13.1. The zero-order chi connectivity index (χ0) is 51.7. The summed E-state index contributed by atoms with van der Waals surface area (Å²) >= 11 is 0. The molecule has 0 saturated heterocycles. The number of nitrogens with zero attached hydrogens (tertiary/aromatic N) is 2. The normalized spacial score (nSPS) is 13.5. The van der Waals surface area contributed by atoms with E-state index in [1.54, 1.807) is 0 Å². The molecule has 2 aliphatic heterocycles. The molecule has 26 heteroatoms. The quantitative estimate of drug-likeness (QED) is 0.0264. The fraction of sp³-hybridized carbons (Fsp3) is 0.689. The highest BCUT2D eigenvalue weighted by Gasteiger charge is 2.25. The van der Waals surface area contributed by atoms with Crippen LogP contribution in [-0.4, -0.2) is 225 Å². The van der Waals surface area contributed by atoms with E-state index in [1.165, 1.54) is 0 Å². The number of nitrogens with one attached hydrogen (secondary N) is 5. The van der Waals surface area contributed by atoms with Gasteiger partial charge in [0.1, 0.15) is 6.04 Å². The number of hydrogen-bond donors (Lipinski definition) is 6. The Labute approximate surface area is 412 Å². The molecule has 0 unspecified atom stereocenters. The lowest BCUT2D eigenvalue weighted by Crippen LogP contribution is -2.47. The van der Waals surface area contributed by atoms with E-state index in [1.807, 2.05) is 0 Å². The number of imide groups is 2. The van der Waals surface area contributed by atoms with Gasteiger partial charge in [-0.2, -0.15) is 0 Å².